The van der Waals surface area contributed by atoms with Crippen LogP contribution in [0.3, 0.4) is 0 Å². The second kappa shape index (κ2) is 6.81. The van der Waals surface area contributed by atoms with Crippen molar-refractivity contribution >= 4 is 0 Å². The maximum Gasteiger partial charge on any atom is 0.0647 e. The molecule has 2 heteroatoms. The van der Waals surface area contributed by atoms with Crippen molar-refractivity contribution in [2.75, 3.05) is 13.2 Å². The van der Waals surface area contributed by atoms with Gasteiger partial charge < -0.3 is 9.84 Å². The standard InChI is InChI=1S/C13H22O2/c1-11-8-6-4-3-5-7-9-15-10-12(2)13(11)14/h5-8,11-14H,3-4,9-10H2,1-2H3/b7-5+,8-6+/t11-,12+,13+/m0/s1. The smallest absolute Gasteiger partial charge is 0.0647 e. The summed E-state index contributed by atoms with van der Waals surface area (Å²) < 4.78 is 5.47. The van der Waals surface area contributed by atoms with Gasteiger partial charge in [0.2, 0.25) is 0 Å². The van der Waals surface area contributed by atoms with Crippen molar-refractivity contribution in [3.05, 3.63) is 24.3 Å². The summed E-state index contributed by atoms with van der Waals surface area (Å²) in [4.78, 5) is 0. The number of aliphatic hydroxyl groups excluding tert-OH is 1. The summed E-state index contributed by atoms with van der Waals surface area (Å²) in [6, 6.07) is 0. The first-order valence-electron chi connectivity index (χ1n) is 5.79. The molecule has 2 nitrogen and oxygen atoms in total. The Morgan fingerprint density at radius 3 is 2.67 bits per heavy atom. The van der Waals surface area contributed by atoms with Gasteiger partial charge in [-0.05, 0) is 12.8 Å². The van der Waals surface area contributed by atoms with Crippen LogP contribution in [0.4, 0.5) is 0 Å². The lowest BCUT2D eigenvalue weighted by molar-refractivity contribution is 0.0268. The predicted octanol–water partition coefficient (Wildman–Crippen LogP) is 2.54. The van der Waals surface area contributed by atoms with Gasteiger partial charge in [-0.2, -0.15) is 0 Å². The van der Waals surface area contributed by atoms with E-state index in [0.717, 1.165) is 12.8 Å². The van der Waals surface area contributed by atoms with Crippen LogP contribution in [0.2, 0.25) is 0 Å². The van der Waals surface area contributed by atoms with Crippen molar-refractivity contribution in [2.45, 2.75) is 32.8 Å². The highest BCUT2D eigenvalue weighted by Crippen LogP contribution is 2.15. The maximum atomic E-state index is 9.98. The summed E-state index contributed by atoms with van der Waals surface area (Å²) in [5.74, 6) is 0.407. The Labute approximate surface area is 92.6 Å². The molecule has 15 heavy (non-hydrogen) atoms. The zero-order valence-electron chi connectivity index (χ0n) is 9.73. The summed E-state index contributed by atoms with van der Waals surface area (Å²) in [7, 11) is 0. The van der Waals surface area contributed by atoms with Gasteiger partial charge in [0.15, 0.2) is 0 Å². The molecule has 1 rings (SSSR count). The van der Waals surface area contributed by atoms with Crippen LogP contribution in [-0.2, 0) is 4.74 Å². The highest BCUT2D eigenvalue weighted by molar-refractivity contribution is 4.94. The van der Waals surface area contributed by atoms with Crippen LogP contribution in [0.5, 0.6) is 0 Å². The molecule has 1 N–H and O–H groups in total. The number of hydrogen-bond donors (Lipinski definition) is 1. The average molecular weight is 210 g/mol. The lowest BCUT2D eigenvalue weighted by Crippen LogP contribution is -2.28. The normalized spacial score (nSPS) is 38.7. The Kier molecular flexibility index (Phi) is 5.66. The van der Waals surface area contributed by atoms with E-state index in [1.54, 1.807) is 0 Å². The molecule has 0 saturated carbocycles. The van der Waals surface area contributed by atoms with Crippen molar-refractivity contribution in [3.8, 4) is 0 Å². The molecular weight excluding hydrogens is 188 g/mol. The summed E-state index contributed by atoms with van der Waals surface area (Å²) in [6.07, 6.45) is 10.3. The van der Waals surface area contributed by atoms with Gasteiger partial charge in [0.05, 0.1) is 19.3 Å². The summed E-state index contributed by atoms with van der Waals surface area (Å²) in [5, 5.41) is 9.98. The SMILES string of the molecule is C[C@@H]1COC/C=C/CC/C=C/[C@H](C)[C@H]1O. The number of allylic oxidation sites excluding steroid dienone is 2. The Morgan fingerprint density at radius 1 is 1.13 bits per heavy atom. The molecule has 0 bridgehead atoms. The first-order valence-corrected chi connectivity index (χ1v) is 5.79. The average Bonchev–Trinajstić information content (AvgIpc) is 2.23. The van der Waals surface area contributed by atoms with Gasteiger partial charge in [-0.15, -0.1) is 0 Å². The van der Waals surface area contributed by atoms with Gasteiger partial charge in [-0.3, -0.25) is 0 Å². The molecule has 0 radical (unpaired) electrons. The van der Waals surface area contributed by atoms with E-state index in [-0.39, 0.29) is 17.9 Å². The Morgan fingerprint density at radius 2 is 1.87 bits per heavy atom. The first kappa shape index (κ1) is 12.5. The largest absolute Gasteiger partial charge is 0.392 e. The maximum absolute atomic E-state index is 9.98. The fraction of sp³-hybridized carbons (Fsp3) is 0.692. The Balaban J connectivity index is 2.54. The predicted molar refractivity (Wildman–Crippen MR) is 62.7 cm³/mol. The Hall–Kier alpha value is -0.600. The van der Waals surface area contributed by atoms with Crippen LogP contribution in [0, 0.1) is 11.8 Å². The van der Waals surface area contributed by atoms with Crippen LogP contribution in [0.15, 0.2) is 24.3 Å². The molecule has 1 aliphatic heterocycles. The molecule has 0 spiro atoms. The van der Waals surface area contributed by atoms with Gasteiger partial charge in [-0.25, -0.2) is 0 Å². The molecule has 1 heterocycles. The minimum Gasteiger partial charge on any atom is -0.392 e. The van der Waals surface area contributed by atoms with E-state index in [0.29, 0.717) is 13.2 Å². The van der Waals surface area contributed by atoms with E-state index < -0.39 is 0 Å². The van der Waals surface area contributed by atoms with Gasteiger partial charge in [0.1, 0.15) is 0 Å². The van der Waals surface area contributed by atoms with E-state index in [9.17, 15) is 5.11 Å². The van der Waals surface area contributed by atoms with Crippen molar-refractivity contribution in [1.29, 1.82) is 0 Å². The molecule has 3 atom stereocenters. The lowest BCUT2D eigenvalue weighted by Gasteiger charge is -2.22. The molecule has 1 aliphatic rings. The number of aliphatic hydroxyl groups is 1. The molecule has 0 aliphatic carbocycles. The summed E-state index contributed by atoms with van der Waals surface area (Å²) in [5.41, 5.74) is 0. The van der Waals surface area contributed by atoms with E-state index in [4.69, 9.17) is 4.74 Å². The Bertz CT molecular complexity index is 221. The molecule has 0 aromatic heterocycles. The zero-order chi connectivity index (χ0) is 11.1. The topological polar surface area (TPSA) is 29.5 Å². The number of rotatable bonds is 0. The molecule has 0 fully saturated rings. The van der Waals surface area contributed by atoms with Gasteiger partial charge >= 0.3 is 0 Å². The zero-order valence-corrected chi connectivity index (χ0v) is 9.73. The minimum atomic E-state index is -0.301. The van der Waals surface area contributed by atoms with Crippen LogP contribution in [-0.4, -0.2) is 24.4 Å². The summed E-state index contributed by atoms with van der Waals surface area (Å²) >= 11 is 0. The molecule has 0 unspecified atom stereocenters. The van der Waals surface area contributed by atoms with E-state index >= 15 is 0 Å². The van der Waals surface area contributed by atoms with E-state index in [1.807, 2.05) is 6.92 Å². The third kappa shape index (κ3) is 4.63. The quantitative estimate of drug-likeness (QED) is 0.623. The van der Waals surface area contributed by atoms with Crippen LogP contribution < -0.4 is 0 Å². The van der Waals surface area contributed by atoms with Gasteiger partial charge in [0.25, 0.3) is 0 Å². The second-order valence-corrected chi connectivity index (χ2v) is 4.34. The van der Waals surface area contributed by atoms with Crippen molar-refractivity contribution in [1.82, 2.24) is 0 Å². The molecule has 0 aromatic rings. The third-order valence-corrected chi connectivity index (χ3v) is 2.82. The summed E-state index contributed by atoms with van der Waals surface area (Å²) in [6.45, 7) is 5.38. The fourth-order valence-electron chi connectivity index (χ4n) is 1.74. The van der Waals surface area contributed by atoms with Crippen LogP contribution in [0.25, 0.3) is 0 Å². The minimum absolute atomic E-state index is 0.192. The molecular formula is C13H22O2. The molecule has 0 amide bonds. The van der Waals surface area contributed by atoms with Gasteiger partial charge in [-0.1, -0.05) is 38.2 Å². The number of hydrogen-bond acceptors (Lipinski definition) is 2. The van der Waals surface area contributed by atoms with E-state index in [2.05, 4.69) is 31.2 Å². The van der Waals surface area contributed by atoms with E-state index in [1.165, 1.54) is 0 Å². The molecule has 0 saturated heterocycles. The van der Waals surface area contributed by atoms with Crippen molar-refractivity contribution in [2.24, 2.45) is 11.8 Å². The van der Waals surface area contributed by atoms with Crippen LogP contribution in [0.1, 0.15) is 26.7 Å². The fourth-order valence-corrected chi connectivity index (χ4v) is 1.74. The molecule has 86 valence electrons. The first-order chi connectivity index (χ1) is 7.22. The van der Waals surface area contributed by atoms with Crippen molar-refractivity contribution in [3.63, 3.8) is 0 Å². The lowest BCUT2D eigenvalue weighted by atomic mass is 9.93. The van der Waals surface area contributed by atoms with Gasteiger partial charge in [0, 0.05) is 11.8 Å². The third-order valence-electron chi connectivity index (χ3n) is 2.82. The second-order valence-electron chi connectivity index (χ2n) is 4.34. The highest BCUT2D eigenvalue weighted by Gasteiger charge is 2.19. The van der Waals surface area contributed by atoms with Crippen molar-refractivity contribution < 1.29 is 9.84 Å². The monoisotopic (exact) mass is 210 g/mol. The molecule has 0 aromatic carbocycles. The number of ether oxygens (including phenoxy) is 1. The van der Waals surface area contributed by atoms with Crippen LogP contribution >= 0.6 is 0 Å². The highest BCUT2D eigenvalue weighted by atomic mass is 16.5.